The second kappa shape index (κ2) is 16.5. The maximum atomic E-state index is 12.9. The normalized spacial score (nSPS) is 17.2. The molecule has 2 aliphatic heterocycles. The van der Waals surface area contributed by atoms with Crippen LogP contribution in [0.1, 0.15) is 30.0 Å². The maximum Gasteiger partial charge on any atom is 0.490 e. The Morgan fingerprint density at radius 1 is 0.979 bits per heavy atom. The van der Waals surface area contributed by atoms with Crippen LogP contribution in [0.25, 0.3) is 5.57 Å². The highest BCUT2D eigenvalue weighted by atomic mass is 35.5. The Morgan fingerprint density at radius 3 is 2.25 bits per heavy atom. The van der Waals surface area contributed by atoms with Gasteiger partial charge in [-0.3, -0.25) is 9.59 Å². The summed E-state index contributed by atoms with van der Waals surface area (Å²) in [5.41, 5.74) is 5.22. The molecule has 3 aromatic rings. The number of hydrogen-bond acceptors (Lipinski definition) is 7. The van der Waals surface area contributed by atoms with Gasteiger partial charge >= 0.3 is 18.1 Å². The number of rotatable bonds is 10. The van der Waals surface area contributed by atoms with Gasteiger partial charge in [0.25, 0.3) is 0 Å². The molecule has 9 nitrogen and oxygen atoms in total. The predicted octanol–water partition coefficient (Wildman–Crippen LogP) is 5.74. The number of aliphatic carboxylic acids is 1. The summed E-state index contributed by atoms with van der Waals surface area (Å²) < 4.78 is 48.8. The van der Waals surface area contributed by atoms with Crippen molar-refractivity contribution in [2.45, 2.75) is 44.4 Å². The third-order valence-corrected chi connectivity index (χ3v) is 8.24. The average Bonchev–Trinajstić information content (AvgIpc) is 3.05. The lowest BCUT2D eigenvalue weighted by atomic mass is 9.83. The molecule has 1 amide bonds. The summed E-state index contributed by atoms with van der Waals surface area (Å²) in [5, 5.41) is 11.4. The highest BCUT2D eigenvalue weighted by Crippen LogP contribution is 2.34. The fourth-order valence-electron chi connectivity index (χ4n) is 5.55. The van der Waals surface area contributed by atoms with Crippen molar-refractivity contribution < 1.29 is 46.9 Å². The molecule has 1 saturated heterocycles. The number of benzene rings is 3. The van der Waals surface area contributed by atoms with E-state index in [4.69, 9.17) is 35.7 Å². The molecule has 0 spiro atoms. The quantitative estimate of drug-likeness (QED) is 0.260. The van der Waals surface area contributed by atoms with Crippen molar-refractivity contribution in [1.82, 2.24) is 10.2 Å². The number of amides is 1. The molecule has 0 radical (unpaired) electrons. The lowest BCUT2D eigenvalue weighted by Crippen LogP contribution is -2.60. The van der Waals surface area contributed by atoms with E-state index in [-0.39, 0.29) is 37.0 Å². The number of esters is 1. The zero-order valence-electron chi connectivity index (χ0n) is 26.4. The number of piperazine rings is 1. The van der Waals surface area contributed by atoms with Gasteiger partial charge in [-0.1, -0.05) is 66.2 Å². The third kappa shape index (κ3) is 9.98. The van der Waals surface area contributed by atoms with Crippen LogP contribution in [0.5, 0.6) is 11.5 Å². The molecular formula is C35H36ClF3N2O7. The molecule has 48 heavy (non-hydrogen) atoms. The van der Waals surface area contributed by atoms with Crippen LogP contribution in [0.15, 0.2) is 78.4 Å². The van der Waals surface area contributed by atoms with Crippen LogP contribution in [0, 0.1) is 0 Å². The van der Waals surface area contributed by atoms with Crippen LogP contribution in [0.2, 0.25) is 5.02 Å². The van der Waals surface area contributed by atoms with E-state index < -0.39 is 12.1 Å². The highest BCUT2D eigenvalue weighted by molar-refractivity contribution is 6.32. The molecule has 2 heterocycles. The first-order valence-electron chi connectivity index (χ1n) is 15.1. The number of fused-ring (bicyclic) bond motifs is 2. The van der Waals surface area contributed by atoms with Gasteiger partial charge in [-0.2, -0.15) is 13.2 Å². The molecule has 2 aliphatic rings. The van der Waals surface area contributed by atoms with E-state index in [1.54, 1.807) is 14.0 Å². The molecule has 0 saturated carbocycles. The summed E-state index contributed by atoms with van der Waals surface area (Å²) in [4.78, 5) is 35.9. The van der Waals surface area contributed by atoms with Gasteiger partial charge in [-0.05, 0) is 46.9 Å². The number of halogens is 4. The van der Waals surface area contributed by atoms with Crippen molar-refractivity contribution in [3.05, 3.63) is 100 Å². The van der Waals surface area contributed by atoms with Crippen molar-refractivity contribution in [2.75, 3.05) is 33.4 Å². The highest BCUT2D eigenvalue weighted by Gasteiger charge is 2.38. The summed E-state index contributed by atoms with van der Waals surface area (Å²) in [5.74, 6) is -1.68. The standard InChI is InChI=1S/C33H35ClN2O5.C2HF3O2/c1-22(37)36-19-26-18-27(24-13-11-23(12-14-24)15-16-40-32-10-6-4-8-29(32)34)28(30(20-36)35-26)21-41-33(38)17-25-7-3-5-9-31(25)39-2;3-2(4,5)1(6)7/h3-14,26,30,35H,15-21H2,1-2H3;(H,6,7)/t26-,30-;/m1./s1. The van der Waals surface area contributed by atoms with Gasteiger partial charge in [0.2, 0.25) is 5.91 Å². The summed E-state index contributed by atoms with van der Waals surface area (Å²) in [6, 6.07) is 23.5. The number of carboxylic acids is 1. The number of hydrogen-bond donors (Lipinski definition) is 2. The second-order valence-electron chi connectivity index (χ2n) is 11.2. The first-order chi connectivity index (χ1) is 22.8. The molecule has 256 valence electrons. The minimum Gasteiger partial charge on any atom is -0.496 e. The van der Waals surface area contributed by atoms with Gasteiger partial charge in [-0.25, -0.2) is 4.79 Å². The monoisotopic (exact) mass is 688 g/mol. The Balaban J connectivity index is 0.000000671. The molecule has 3 aromatic carbocycles. The van der Waals surface area contributed by atoms with Crippen molar-refractivity contribution in [3.63, 3.8) is 0 Å². The van der Waals surface area contributed by atoms with E-state index in [1.165, 1.54) is 5.57 Å². The van der Waals surface area contributed by atoms with E-state index in [9.17, 15) is 22.8 Å². The van der Waals surface area contributed by atoms with Crippen molar-refractivity contribution >= 4 is 35.0 Å². The molecular weight excluding hydrogens is 653 g/mol. The van der Waals surface area contributed by atoms with Gasteiger partial charge in [-0.15, -0.1) is 0 Å². The number of carboxylic acid groups (broad SMARTS) is 1. The summed E-state index contributed by atoms with van der Waals surface area (Å²) >= 11 is 6.20. The van der Waals surface area contributed by atoms with E-state index in [2.05, 4.69) is 29.6 Å². The molecule has 0 aromatic heterocycles. The zero-order chi connectivity index (χ0) is 34.8. The minimum absolute atomic E-state index is 0.0563. The summed E-state index contributed by atoms with van der Waals surface area (Å²) in [7, 11) is 1.59. The van der Waals surface area contributed by atoms with Gasteiger partial charge in [0.1, 0.15) is 18.1 Å². The first-order valence-corrected chi connectivity index (χ1v) is 15.5. The summed E-state index contributed by atoms with van der Waals surface area (Å²) in [6.45, 7) is 3.49. The Labute approximate surface area is 281 Å². The topological polar surface area (TPSA) is 114 Å². The lowest BCUT2D eigenvalue weighted by Gasteiger charge is -2.44. The number of para-hydroxylation sites is 2. The average molecular weight is 689 g/mol. The molecule has 2 bridgehead atoms. The number of ether oxygens (including phenoxy) is 3. The number of alkyl halides is 3. The Kier molecular flexibility index (Phi) is 12.5. The van der Waals surface area contributed by atoms with Crippen LogP contribution in [-0.4, -0.2) is 79.5 Å². The van der Waals surface area contributed by atoms with Gasteiger partial charge in [0.15, 0.2) is 0 Å². The largest absolute Gasteiger partial charge is 0.496 e. The smallest absolute Gasteiger partial charge is 0.490 e. The molecule has 2 atom stereocenters. The van der Waals surface area contributed by atoms with E-state index in [1.807, 2.05) is 53.4 Å². The van der Waals surface area contributed by atoms with Gasteiger partial charge in [0.05, 0.1) is 31.2 Å². The number of methoxy groups -OCH3 is 1. The Hall–Kier alpha value is -4.55. The SMILES string of the molecule is COc1ccccc1CC(=O)OCC1=C(c2ccc(CCOc3ccccc3Cl)cc2)C[C@@H]2CN(C(C)=O)C[C@H]1N2.O=C(O)C(F)(F)F. The van der Waals surface area contributed by atoms with Gasteiger partial charge < -0.3 is 29.5 Å². The van der Waals surface area contributed by atoms with Crippen LogP contribution in [0.3, 0.4) is 0 Å². The molecule has 0 aliphatic carbocycles. The van der Waals surface area contributed by atoms with E-state index >= 15 is 0 Å². The van der Waals surface area contributed by atoms with Crippen LogP contribution in [0.4, 0.5) is 13.2 Å². The van der Waals surface area contributed by atoms with E-state index in [0.717, 1.165) is 35.1 Å². The first kappa shape index (κ1) is 36.3. The number of nitrogens with zero attached hydrogens (tertiary/aromatic N) is 1. The molecule has 5 rings (SSSR count). The second-order valence-corrected chi connectivity index (χ2v) is 11.6. The fraction of sp³-hybridized carbons (Fsp3) is 0.343. The fourth-order valence-corrected chi connectivity index (χ4v) is 5.74. The molecule has 2 N–H and O–H groups in total. The minimum atomic E-state index is -5.08. The van der Waals surface area contributed by atoms with Crippen LogP contribution in [-0.2, 0) is 32.0 Å². The van der Waals surface area contributed by atoms with Crippen molar-refractivity contribution in [3.8, 4) is 11.5 Å². The Bertz CT molecular complexity index is 1630. The number of carbonyl (C=O) groups excluding carboxylic acids is 2. The Morgan fingerprint density at radius 2 is 1.62 bits per heavy atom. The van der Waals surface area contributed by atoms with Crippen molar-refractivity contribution in [1.29, 1.82) is 0 Å². The predicted molar refractivity (Wildman–Crippen MR) is 173 cm³/mol. The zero-order valence-corrected chi connectivity index (χ0v) is 27.1. The van der Waals surface area contributed by atoms with Crippen LogP contribution < -0.4 is 14.8 Å². The molecule has 13 heteroatoms. The third-order valence-electron chi connectivity index (χ3n) is 7.93. The number of carbonyl (C=O) groups is 3. The molecule has 0 unspecified atom stereocenters. The van der Waals surface area contributed by atoms with Crippen molar-refractivity contribution in [2.24, 2.45) is 0 Å². The van der Waals surface area contributed by atoms with E-state index in [0.29, 0.717) is 36.2 Å². The summed E-state index contributed by atoms with van der Waals surface area (Å²) in [6.07, 6.45) is -3.47. The lowest BCUT2D eigenvalue weighted by molar-refractivity contribution is -0.192. The number of nitrogens with one attached hydrogen (secondary N) is 1. The molecule has 1 fully saturated rings. The maximum absolute atomic E-state index is 12.9. The van der Waals surface area contributed by atoms with Crippen LogP contribution >= 0.6 is 11.6 Å². The van der Waals surface area contributed by atoms with Gasteiger partial charge in [0, 0.05) is 38.0 Å².